The third kappa shape index (κ3) is 4.62. The van der Waals surface area contributed by atoms with E-state index in [1.54, 1.807) is 31.2 Å². The van der Waals surface area contributed by atoms with E-state index < -0.39 is 17.4 Å². The van der Waals surface area contributed by atoms with Crippen molar-refractivity contribution in [2.45, 2.75) is 33.8 Å². The lowest BCUT2D eigenvalue weighted by atomic mass is 9.96. The predicted octanol–water partition coefficient (Wildman–Crippen LogP) is 4.50. The Balaban J connectivity index is 1.63. The van der Waals surface area contributed by atoms with E-state index in [2.05, 4.69) is 19.6 Å². The summed E-state index contributed by atoms with van der Waals surface area (Å²) in [7, 11) is 0. The van der Waals surface area contributed by atoms with E-state index in [-0.39, 0.29) is 41.6 Å². The van der Waals surface area contributed by atoms with Crippen LogP contribution in [0.2, 0.25) is 0 Å². The average molecular weight is 453 g/mol. The molecule has 2 aromatic heterocycles. The lowest BCUT2D eigenvalue weighted by molar-refractivity contribution is 0.271. The highest BCUT2D eigenvalue weighted by molar-refractivity contribution is 5.67. The molecule has 0 fully saturated rings. The van der Waals surface area contributed by atoms with Crippen LogP contribution in [-0.4, -0.2) is 20.2 Å². The Labute approximate surface area is 187 Å². The van der Waals surface area contributed by atoms with Crippen LogP contribution < -0.4 is 10.5 Å². The highest BCUT2D eigenvalue weighted by Crippen LogP contribution is 2.32. The largest absolute Gasteiger partial charge is 0.506 e. The Morgan fingerprint density at radius 1 is 1.12 bits per heavy atom. The molecule has 7 nitrogen and oxygen atoms in total. The number of hydrogen-bond donors (Lipinski definition) is 2. The molecule has 0 atom stereocenters. The maximum absolute atomic E-state index is 15.0. The lowest BCUT2D eigenvalue weighted by Crippen LogP contribution is -2.06. The summed E-state index contributed by atoms with van der Waals surface area (Å²) < 4.78 is 39.2. The average Bonchev–Trinajstić information content (AvgIpc) is 3.20. The lowest BCUT2D eigenvalue weighted by Gasteiger charge is -2.15. The fourth-order valence-corrected chi connectivity index (χ4v) is 3.60. The number of H-pyrrole nitrogens is 1. The first-order chi connectivity index (χ1) is 15.7. The van der Waals surface area contributed by atoms with Gasteiger partial charge in [-0.25, -0.2) is 18.6 Å². The van der Waals surface area contributed by atoms with E-state index in [9.17, 15) is 14.3 Å². The van der Waals surface area contributed by atoms with Gasteiger partial charge < -0.3 is 9.84 Å². The van der Waals surface area contributed by atoms with Gasteiger partial charge in [0.1, 0.15) is 23.9 Å². The molecule has 0 bridgehead atoms. The van der Waals surface area contributed by atoms with Crippen LogP contribution in [0.3, 0.4) is 0 Å². The fourth-order valence-electron chi connectivity index (χ4n) is 3.60. The van der Waals surface area contributed by atoms with Crippen molar-refractivity contribution in [1.82, 2.24) is 15.1 Å². The Bertz CT molecular complexity index is 1400. The fraction of sp³-hybridized carbons (Fsp3) is 0.208. The maximum Gasteiger partial charge on any atom is 0.439 e. The molecular weight excluding hydrogens is 432 g/mol. The monoisotopic (exact) mass is 453 g/mol. The molecule has 2 N–H and O–H groups in total. The topological polar surface area (TPSA) is 101 Å². The zero-order chi connectivity index (χ0) is 23.7. The van der Waals surface area contributed by atoms with Crippen LogP contribution in [-0.2, 0) is 13.0 Å². The van der Waals surface area contributed by atoms with Crippen molar-refractivity contribution < 1.29 is 23.1 Å². The van der Waals surface area contributed by atoms with Gasteiger partial charge in [0.2, 0.25) is 0 Å². The molecule has 0 aliphatic heterocycles. The number of ether oxygens (including phenoxy) is 1. The molecule has 0 radical (unpaired) electrons. The summed E-state index contributed by atoms with van der Waals surface area (Å²) in [5.74, 6) is -1.75. The zero-order valence-corrected chi connectivity index (χ0v) is 18.2. The first kappa shape index (κ1) is 22.2. The van der Waals surface area contributed by atoms with Gasteiger partial charge in [-0.2, -0.15) is 0 Å². The standard InChI is InChI=1S/C24H21F2N3O4/c1-12-4-6-18(25)17(8-12)23-19(30)7-5-15(27-23)10-16-13(2)9-20(22(26)14(16)3)32-11-21-28-24(31)33-29-21/h4-9,30H,10-11H2,1-3H3,(H,28,29,31). The second-order valence-electron chi connectivity index (χ2n) is 7.77. The molecule has 0 unspecified atom stereocenters. The number of aromatic hydroxyl groups is 1. The molecule has 170 valence electrons. The number of nitrogens with one attached hydrogen (secondary N) is 1. The first-order valence-corrected chi connectivity index (χ1v) is 10.1. The minimum atomic E-state index is -0.719. The molecule has 0 aliphatic carbocycles. The molecule has 4 aromatic rings. The van der Waals surface area contributed by atoms with Gasteiger partial charge in [-0.05, 0) is 67.8 Å². The Kier molecular flexibility index (Phi) is 5.95. The number of aromatic amines is 1. The molecule has 4 rings (SSSR count). The van der Waals surface area contributed by atoms with E-state index in [1.165, 1.54) is 12.1 Å². The number of pyridine rings is 1. The van der Waals surface area contributed by atoms with Gasteiger partial charge >= 0.3 is 5.76 Å². The smallest absolute Gasteiger partial charge is 0.439 e. The van der Waals surface area contributed by atoms with Gasteiger partial charge in [-0.1, -0.05) is 16.8 Å². The van der Waals surface area contributed by atoms with Crippen molar-refractivity contribution in [1.29, 1.82) is 0 Å². The predicted molar refractivity (Wildman–Crippen MR) is 116 cm³/mol. The SMILES string of the molecule is Cc1ccc(F)c(-c2nc(Cc3c(C)cc(OCc4noc(=O)[nH]4)c(F)c3C)ccc2O)c1. The Hall–Kier alpha value is -4.01. The summed E-state index contributed by atoms with van der Waals surface area (Å²) in [6.07, 6.45) is 0.270. The van der Waals surface area contributed by atoms with Gasteiger partial charge in [-0.15, -0.1) is 0 Å². The molecule has 2 heterocycles. The number of aryl methyl sites for hydroxylation is 2. The van der Waals surface area contributed by atoms with Crippen molar-refractivity contribution in [2.75, 3.05) is 0 Å². The van der Waals surface area contributed by atoms with Crippen molar-refractivity contribution in [3.8, 4) is 22.8 Å². The highest BCUT2D eigenvalue weighted by Gasteiger charge is 2.18. The summed E-state index contributed by atoms with van der Waals surface area (Å²) in [6, 6.07) is 9.21. The normalized spacial score (nSPS) is 11.1. The van der Waals surface area contributed by atoms with Crippen molar-refractivity contribution in [3.63, 3.8) is 0 Å². The van der Waals surface area contributed by atoms with Crippen LogP contribution >= 0.6 is 0 Å². The van der Waals surface area contributed by atoms with E-state index in [0.717, 1.165) is 11.1 Å². The van der Waals surface area contributed by atoms with E-state index in [0.29, 0.717) is 16.8 Å². The minimum absolute atomic E-state index is 0.0128. The summed E-state index contributed by atoms with van der Waals surface area (Å²) in [5, 5.41) is 13.8. The molecule has 33 heavy (non-hydrogen) atoms. The van der Waals surface area contributed by atoms with Crippen LogP contribution in [0.4, 0.5) is 8.78 Å². The van der Waals surface area contributed by atoms with Crippen LogP contribution in [0, 0.1) is 32.4 Å². The third-order valence-corrected chi connectivity index (χ3v) is 5.34. The first-order valence-electron chi connectivity index (χ1n) is 10.1. The minimum Gasteiger partial charge on any atom is -0.506 e. The number of benzene rings is 2. The molecule has 0 spiro atoms. The molecule has 0 saturated carbocycles. The molecule has 9 heteroatoms. The zero-order valence-electron chi connectivity index (χ0n) is 18.2. The van der Waals surface area contributed by atoms with Gasteiger partial charge in [-0.3, -0.25) is 9.51 Å². The Morgan fingerprint density at radius 3 is 2.64 bits per heavy atom. The molecule has 2 aromatic carbocycles. The summed E-state index contributed by atoms with van der Waals surface area (Å²) in [5.41, 5.74) is 3.53. The summed E-state index contributed by atoms with van der Waals surface area (Å²) in [6.45, 7) is 5.10. The van der Waals surface area contributed by atoms with Crippen LogP contribution in [0.5, 0.6) is 11.5 Å². The number of hydrogen-bond acceptors (Lipinski definition) is 6. The van der Waals surface area contributed by atoms with Crippen LogP contribution in [0.1, 0.15) is 33.8 Å². The van der Waals surface area contributed by atoms with E-state index >= 15 is 4.39 Å². The quantitative estimate of drug-likeness (QED) is 0.446. The van der Waals surface area contributed by atoms with Crippen molar-refractivity contribution >= 4 is 0 Å². The summed E-state index contributed by atoms with van der Waals surface area (Å²) >= 11 is 0. The number of nitrogens with zero attached hydrogens (tertiary/aromatic N) is 2. The van der Waals surface area contributed by atoms with E-state index in [4.69, 9.17) is 4.74 Å². The molecular formula is C24H21F2N3O4. The number of rotatable bonds is 6. The van der Waals surface area contributed by atoms with Gasteiger partial charge in [0.15, 0.2) is 17.4 Å². The molecule has 0 amide bonds. The number of aromatic nitrogens is 3. The molecule has 0 aliphatic rings. The van der Waals surface area contributed by atoms with Gasteiger partial charge in [0.25, 0.3) is 0 Å². The number of halogens is 2. The highest BCUT2D eigenvalue weighted by atomic mass is 19.1. The second kappa shape index (κ2) is 8.85. The van der Waals surface area contributed by atoms with Crippen molar-refractivity contribution in [2.24, 2.45) is 0 Å². The van der Waals surface area contributed by atoms with Gasteiger partial charge in [0, 0.05) is 17.7 Å². The van der Waals surface area contributed by atoms with Crippen molar-refractivity contribution in [3.05, 3.63) is 92.4 Å². The van der Waals surface area contributed by atoms with Crippen LogP contribution in [0.25, 0.3) is 11.3 Å². The summed E-state index contributed by atoms with van der Waals surface area (Å²) in [4.78, 5) is 17.8. The third-order valence-electron chi connectivity index (χ3n) is 5.34. The van der Waals surface area contributed by atoms with E-state index in [1.807, 2.05) is 13.8 Å². The second-order valence-corrected chi connectivity index (χ2v) is 7.77. The Morgan fingerprint density at radius 2 is 1.91 bits per heavy atom. The molecule has 0 saturated heterocycles. The van der Waals surface area contributed by atoms with Gasteiger partial charge in [0.05, 0.1) is 0 Å². The maximum atomic E-state index is 15.0. The van der Waals surface area contributed by atoms with Crippen LogP contribution in [0.15, 0.2) is 45.7 Å².